The molecule has 1 amide bonds. The molecule has 1 aromatic rings. The molecule has 0 saturated carbocycles. The molecule has 0 bridgehead atoms. The molecule has 0 aromatic carbocycles. The van der Waals surface area contributed by atoms with Gasteiger partial charge in [0, 0.05) is 11.4 Å². The second kappa shape index (κ2) is 3.72. The fraction of sp³-hybridized carbons (Fsp3) is 0.444. The first kappa shape index (κ1) is 9.26. The summed E-state index contributed by atoms with van der Waals surface area (Å²) in [7, 11) is 0. The molecule has 0 saturated heterocycles. The van der Waals surface area contributed by atoms with Crippen LogP contribution in [0, 0.1) is 13.8 Å². The molecule has 0 atom stereocenters. The predicted molar refractivity (Wildman–Crippen MR) is 51.8 cm³/mol. The van der Waals surface area contributed by atoms with E-state index in [1.165, 1.54) is 10.4 Å². The van der Waals surface area contributed by atoms with Crippen molar-refractivity contribution in [1.29, 1.82) is 0 Å². The van der Waals surface area contributed by atoms with E-state index in [4.69, 9.17) is 0 Å². The van der Waals surface area contributed by atoms with Crippen molar-refractivity contribution in [3.63, 3.8) is 0 Å². The fourth-order valence-corrected chi connectivity index (χ4v) is 1.88. The first-order valence-corrected chi connectivity index (χ1v) is 4.82. The van der Waals surface area contributed by atoms with E-state index in [1.54, 1.807) is 11.3 Å². The Balaban J connectivity index is 2.82. The third-order valence-electron chi connectivity index (χ3n) is 1.73. The van der Waals surface area contributed by atoms with Crippen LogP contribution < -0.4 is 5.32 Å². The highest BCUT2D eigenvalue weighted by atomic mass is 32.1. The molecular weight excluding hydrogens is 170 g/mol. The van der Waals surface area contributed by atoms with E-state index >= 15 is 0 Å². The molecule has 1 N–H and O–H groups in total. The van der Waals surface area contributed by atoms with Crippen molar-refractivity contribution in [2.24, 2.45) is 0 Å². The fourth-order valence-electron chi connectivity index (χ4n) is 0.933. The van der Waals surface area contributed by atoms with E-state index in [0.717, 1.165) is 4.88 Å². The number of rotatable bonds is 2. The van der Waals surface area contributed by atoms with Crippen LogP contribution in [-0.4, -0.2) is 12.5 Å². The maximum Gasteiger partial charge on any atom is 0.261 e. The summed E-state index contributed by atoms with van der Waals surface area (Å²) < 4.78 is 0. The first-order valence-electron chi connectivity index (χ1n) is 4.00. The average Bonchev–Trinajstić information content (AvgIpc) is 2.33. The third-order valence-corrected chi connectivity index (χ3v) is 2.88. The van der Waals surface area contributed by atoms with Gasteiger partial charge in [0.25, 0.3) is 5.91 Å². The Morgan fingerprint density at radius 1 is 1.58 bits per heavy atom. The minimum absolute atomic E-state index is 0.0405. The summed E-state index contributed by atoms with van der Waals surface area (Å²) in [4.78, 5) is 13.3. The van der Waals surface area contributed by atoms with Gasteiger partial charge in [0.15, 0.2) is 0 Å². The predicted octanol–water partition coefficient (Wildman–Crippen LogP) is 2.11. The van der Waals surface area contributed by atoms with E-state index in [-0.39, 0.29) is 5.91 Å². The number of aryl methyl sites for hydroxylation is 2. The molecule has 0 spiro atoms. The van der Waals surface area contributed by atoms with Crippen LogP contribution in [0.2, 0.25) is 0 Å². The first-order chi connectivity index (χ1) is 5.65. The number of nitrogens with one attached hydrogen (secondary N) is 1. The van der Waals surface area contributed by atoms with Gasteiger partial charge < -0.3 is 5.32 Å². The van der Waals surface area contributed by atoms with Crippen LogP contribution in [0.25, 0.3) is 0 Å². The monoisotopic (exact) mass is 183 g/mol. The van der Waals surface area contributed by atoms with Crippen LogP contribution in [0.3, 0.4) is 0 Å². The molecule has 0 aliphatic heterocycles. The summed E-state index contributed by atoms with van der Waals surface area (Å²) in [6.45, 7) is 6.66. The topological polar surface area (TPSA) is 29.1 Å². The molecule has 1 rings (SSSR count). The van der Waals surface area contributed by atoms with Crippen molar-refractivity contribution >= 4 is 17.2 Å². The summed E-state index contributed by atoms with van der Waals surface area (Å²) in [5.41, 5.74) is 1.20. The number of carbonyl (C=O) groups is 1. The largest absolute Gasteiger partial charge is 0.352 e. The number of amides is 1. The van der Waals surface area contributed by atoms with Crippen molar-refractivity contribution < 1.29 is 4.79 Å². The summed E-state index contributed by atoms with van der Waals surface area (Å²) in [5.74, 6) is 0.0405. The van der Waals surface area contributed by atoms with E-state index in [9.17, 15) is 4.79 Å². The number of thiophene rings is 1. The Bertz CT molecular complexity index is 271. The van der Waals surface area contributed by atoms with E-state index in [2.05, 4.69) is 5.32 Å². The lowest BCUT2D eigenvalue weighted by Gasteiger charge is -1.96. The van der Waals surface area contributed by atoms with Crippen LogP contribution in [0.1, 0.15) is 27.0 Å². The van der Waals surface area contributed by atoms with Crippen molar-refractivity contribution in [2.75, 3.05) is 6.54 Å². The third kappa shape index (κ3) is 1.85. The number of hydrogen-bond donors (Lipinski definition) is 1. The lowest BCUT2D eigenvalue weighted by Crippen LogP contribution is -2.21. The Morgan fingerprint density at radius 2 is 2.25 bits per heavy atom. The van der Waals surface area contributed by atoms with E-state index < -0.39 is 0 Å². The van der Waals surface area contributed by atoms with Crippen LogP contribution >= 0.6 is 11.3 Å². The smallest absolute Gasteiger partial charge is 0.261 e. The molecule has 12 heavy (non-hydrogen) atoms. The maximum atomic E-state index is 11.3. The lowest BCUT2D eigenvalue weighted by atomic mass is 10.3. The van der Waals surface area contributed by atoms with Gasteiger partial charge in [0.1, 0.15) is 0 Å². The summed E-state index contributed by atoms with van der Waals surface area (Å²) in [6.07, 6.45) is 0. The highest BCUT2D eigenvalue weighted by Gasteiger charge is 2.08. The Morgan fingerprint density at radius 3 is 2.67 bits per heavy atom. The van der Waals surface area contributed by atoms with Crippen LogP contribution in [0.5, 0.6) is 0 Å². The quantitative estimate of drug-likeness (QED) is 0.747. The standard InChI is InChI=1S/C9H13NOS/c1-4-10-9(11)8-5-6(2)7(3)12-8/h5H,4H2,1-3H3,(H,10,11). The zero-order chi connectivity index (χ0) is 9.14. The second-order valence-corrected chi connectivity index (χ2v) is 3.97. The highest BCUT2D eigenvalue weighted by molar-refractivity contribution is 7.14. The van der Waals surface area contributed by atoms with Crippen molar-refractivity contribution in [3.05, 3.63) is 21.4 Å². The number of carbonyl (C=O) groups excluding carboxylic acids is 1. The van der Waals surface area contributed by atoms with Crippen LogP contribution in [0.15, 0.2) is 6.07 Å². The Hall–Kier alpha value is -0.830. The van der Waals surface area contributed by atoms with Gasteiger partial charge in [-0.1, -0.05) is 0 Å². The zero-order valence-electron chi connectivity index (χ0n) is 7.60. The molecule has 3 heteroatoms. The minimum Gasteiger partial charge on any atom is -0.352 e. The van der Waals surface area contributed by atoms with Crippen molar-refractivity contribution in [3.8, 4) is 0 Å². The minimum atomic E-state index is 0.0405. The van der Waals surface area contributed by atoms with Crippen LogP contribution in [0.4, 0.5) is 0 Å². The second-order valence-electron chi connectivity index (χ2n) is 2.71. The number of hydrogen-bond acceptors (Lipinski definition) is 2. The van der Waals surface area contributed by atoms with Gasteiger partial charge in [-0.05, 0) is 32.4 Å². The maximum absolute atomic E-state index is 11.3. The Labute approximate surface area is 76.6 Å². The van der Waals surface area contributed by atoms with Gasteiger partial charge >= 0.3 is 0 Å². The van der Waals surface area contributed by atoms with E-state index in [0.29, 0.717) is 6.54 Å². The summed E-state index contributed by atoms with van der Waals surface area (Å²) >= 11 is 1.55. The lowest BCUT2D eigenvalue weighted by molar-refractivity contribution is 0.0960. The van der Waals surface area contributed by atoms with Gasteiger partial charge in [0.2, 0.25) is 0 Å². The van der Waals surface area contributed by atoms with Gasteiger partial charge in [-0.3, -0.25) is 4.79 Å². The highest BCUT2D eigenvalue weighted by Crippen LogP contribution is 2.20. The molecule has 2 nitrogen and oxygen atoms in total. The van der Waals surface area contributed by atoms with Gasteiger partial charge in [-0.15, -0.1) is 11.3 Å². The normalized spacial score (nSPS) is 9.92. The molecular formula is C9H13NOS. The molecule has 1 aromatic heterocycles. The average molecular weight is 183 g/mol. The van der Waals surface area contributed by atoms with Gasteiger partial charge in [-0.2, -0.15) is 0 Å². The van der Waals surface area contributed by atoms with E-state index in [1.807, 2.05) is 26.8 Å². The molecule has 0 unspecified atom stereocenters. The van der Waals surface area contributed by atoms with Gasteiger partial charge in [0.05, 0.1) is 4.88 Å². The molecule has 0 radical (unpaired) electrons. The Kier molecular flexibility index (Phi) is 2.87. The van der Waals surface area contributed by atoms with Crippen LogP contribution in [-0.2, 0) is 0 Å². The molecule has 0 aliphatic rings. The van der Waals surface area contributed by atoms with Gasteiger partial charge in [-0.25, -0.2) is 0 Å². The molecule has 0 aliphatic carbocycles. The molecule has 0 fully saturated rings. The molecule has 1 heterocycles. The van der Waals surface area contributed by atoms with Crippen molar-refractivity contribution in [2.45, 2.75) is 20.8 Å². The molecule has 66 valence electrons. The SMILES string of the molecule is CCNC(=O)c1cc(C)c(C)s1. The summed E-state index contributed by atoms with van der Waals surface area (Å²) in [5, 5.41) is 2.77. The van der Waals surface area contributed by atoms with Crippen molar-refractivity contribution in [1.82, 2.24) is 5.32 Å². The zero-order valence-corrected chi connectivity index (χ0v) is 8.42. The summed E-state index contributed by atoms with van der Waals surface area (Å²) in [6, 6.07) is 1.94.